The van der Waals surface area contributed by atoms with Crippen LogP contribution in [0.1, 0.15) is 15.2 Å². The molecule has 136 valence electrons. The van der Waals surface area contributed by atoms with Crippen LogP contribution in [0, 0.1) is 6.92 Å². The summed E-state index contributed by atoms with van der Waals surface area (Å²) in [5.41, 5.74) is 1.45. The number of nitrogens with zero attached hydrogens (tertiary/aromatic N) is 2. The molecule has 9 heteroatoms. The summed E-state index contributed by atoms with van der Waals surface area (Å²) in [6.45, 7) is 2.38. The largest absolute Gasteiger partial charge is 0.459 e. The van der Waals surface area contributed by atoms with Crippen molar-refractivity contribution in [2.45, 2.75) is 6.92 Å². The minimum absolute atomic E-state index is 0.195. The van der Waals surface area contributed by atoms with Crippen molar-refractivity contribution >= 4 is 62.2 Å². The Kier molecular flexibility index (Phi) is 5.93. The quantitative estimate of drug-likeness (QED) is 0.461. The molecule has 1 N–H and O–H groups in total. The third kappa shape index (κ3) is 4.07. The average Bonchev–Trinajstić information content (AvgIpc) is 2.92. The van der Waals surface area contributed by atoms with Crippen LogP contribution in [0.4, 0.5) is 11.5 Å². The molecule has 2 heterocycles. The van der Waals surface area contributed by atoms with Gasteiger partial charge in [0.25, 0.3) is 0 Å². The predicted molar refractivity (Wildman–Crippen MR) is 104 cm³/mol. The Balaban J connectivity index is 1.95. The Bertz CT molecular complexity index is 942. The first-order chi connectivity index (χ1) is 12.5. The molecule has 0 fully saturated rings. The number of carbonyl (C=O) groups is 1. The van der Waals surface area contributed by atoms with Crippen LogP contribution in [0.15, 0.2) is 24.5 Å². The van der Waals surface area contributed by atoms with Gasteiger partial charge in [0.15, 0.2) is 0 Å². The lowest BCUT2D eigenvalue weighted by molar-refractivity contribution is 0.0393. The topological polar surface area (TPSA) is 73.3 Å². The maximum absolute atomic E-state index is 12.3. The molecule has 0 atom stereocenters. The van der Waals surface area contributed by atoms with Gasteiger partial charge in [0.05, 0.1) is 12.0 Å². The molecule has 3 aromatic rings. The van der Waals surface area contributed by atoms with Crippen LogP contribution in [-0.2, 0) is 9.47 Å². The third-order valence-electron chi connectivity index (χ3n) is 3.56. The normalized spacial score (nSPS) is 10.9. The summed E-state index contributed by atoms with van der Waals surface area (Å²) < 4.78 is 10.1. The molecular weight excluding hydrogens is 397 g/mol. The minimum Gasteiger partial charge on any atom is -0.459 e. The number of thiophene rings is 1. The summed E-state index contributed by atoms with van der Waals surface area (Å²) in [4.78, 5) is 22.0. The van der Waals surface area contributed by atoms with E-state index in [4.69, 9.17) is 32.7 Å². The smallest absolute Gasteiger partial charge is 0.348 e. The van der Waals surface area contributed by atoms with Crippen LogP contribution >= 0.6 is 34.5 Å². The van der Waals surface area contributed by atoms with E-state index in [0.29, 0.717) is 37.9 Å². The standard InChI is InChI=1S/C17H15Cl2N3O3S/c1-9-13-15(22-12-6-10(18)5-11(19)7-12)20-8-21-16(13)26-14(9)17(23)25-4-3-24-2/h5-8H,3-4H2,1-2H3,(H,20,21,22). The van der Waals surface area contributed by atoms with Gasteiger partial charge in [-0.25, -0.2) is 14.8 Å². The second-order valence-corrected chi connectivity index (χ2v) is 7.24. The molecular formula is C17H15Cl2N3O3S. The van der Waals surface area contributed by atoms with E-state index in [1.807, 2.05) is 6.92 Å². The van der Waals surface area contributed by atoms with E-state index in [1.54, 1.807) is 25.3 Å². The third-order valence-corrected chi connectivity index (χ3v) is 5.17. The molecule has 3 rings (SSSR count). The fourth-order valence-electron chi connectivity index (χ4n) is 2.41. The summed E-state index contributed by atoms with van der Waals surface area (Å²) in [6.07, 6.45) is 1.44. The first kappa shape index (κ1) is 18.8. The fourth-order valence-corrected chi connectivity index (χ4v) is 3.98. The van der Waals surface area contributed by atoms with Gasteiger partial charge in [0.2, 0.25) is 0 Å². The Morgan fingerprint density at radius 1 is 1.19 bits per heavy atom. The van der Waals surface area contributed by atoms with Crippen LogP contribution in [-0.4, -0.2) is 36.3 Å². The number of hydrogen-bond acceptors (Lipinski definition) is 7. The van der Waals surface area contributed by atoms with Crippen molar-refractivity contribution < 1.29 is 14.3 Å². The van der Waals surface area contributed by atoms with Gasteiger partial charge in [0.1, 0.15) is 28.5 Å². The minimum atomic E-state index is -0.403. The van der Waals surface area contributed by atoms with Crippen molar-refractivity contribution in [2.24, 2.45) is 0 Å². The highest BCUT2D eigenvalue weighted by atomic mass is 35.5. The number of benzene rings is 1. The lowest BCUT2D eigenvalue weighted by atomic mass is 10.2. The molecule has 2 aromatic heterocycles. The number of fused-ring (bicyclic) bond motifs is 1. The summed E-state index contributed by atoms with van der Waals surface area (Å²) in [7, 11) is 1.55. The highest BCUT2D eigenvalue weighted by molar-refractivity contribution is 7.20. The van der Waals surface area contributed by atoms with E-state index in [-0.39, 0.29) is 6.61 Å². The molecule has 0 aliphatic heterocycles. The van der Waals surface area contributed by atoms with Crippen LogP contribution < -0.4 is 5.32 Å². The number of carbonyl (C=O) groups excluding carboxylic acids is 1. The molecule has 0 bridgehead atoms. The predicted octanol–water partition coefficient (Wildman–Crippen LogP) is 4.85. The molecule has 0 amide bonds. The van der Waals surface area contributed by atoms with E-state index in [9.17, 15) is 4.79 Å². The first-order valence-corrected chi connectivity index (χ1v) is 9.20. The first-order valence-electron chi connectivity index (χ1n) is 7.63. The van der Waals surface area contributed by atoms with Crippen molar-refractivity contribution in [3.05, 3.63) is 45.0 Å². The van der Waals surface area contributed by atoms with Gasteiger partial charge in [-0.1, -0.05) is 23.2 Å². The molecule has 0 spiro atoms. The van der Waals surface area contributed by atoms with E-state index < -0.39 is 5.97 Å². The molecule has 0 aliphatic rings. The second-order valence-electron chi connectivity index (χ2n) is 5.37. The van der Waals surface area contributed by atoms with Gasteiger partial charge in [-0.15, -0.1) is 11.3 Å². The number of nitrogens with one attached hydrogen (secondary N) is 1. The average molecular weight is 412 g/mol. The van der Waals surface area contributed by atoms with Crippen molar-refractivity contribution in [2.75, 3.05) is 25.6 Å². The van der Waals surface area contributed by atoms with Gasteiger partial charge >= 0.3 is 5.97 Å². The zero-order valence-corrected chi connectivity index (χ0v) is 16.3. The summed E-state index contributed by atoms with van der Waals surface area (Å²) in [6, 6.07) is 5.12. The Labute approximate surface area is 164 Å². The van der Waals surface area contributed by atoms with Gasteiger partial charge in [-0.2, -0.15) is 0 Å². The van der Waals surface area contributed by atoms with E-state index in [2.05, 4.69) is 15.3 Å². The van der Waals surface area contributed by atoms with Gasteiger partial charge < -0.3 is 14.8 Å². The lowest BCUT2D eigenvalue weighted by Gasteiger charge is -2.08. The van der Waals surface area contributed by atoms with Crippen molar-refractivity contribution in [3.63, 3.8) is 0 Å². The van der Waals surface area contributed by atoms with Gasteiger partial charge in [-0.3, -0.25) is 0 Å². The molecule has 0 aliphatic carbocycles. The number of ether oxygens (including phenoxy) is 2. The van der Waals surface area contributed by atoms with E-state index >= 15 is 0 Å². The number of esters is 1. The number of hydrogen-bond donors (Lipinski definition) is 1. The highest BCUT2D eigenvalue weighted by Gasteiger charge is 2.20. The summed E-state index contributed by atoms with van der Waals surface area (Å²) in [5.74, 6) is 0.164. The maximum Gasteiger partial charge on any atom is 0.348 e. The van der Waals surface area contributed by atoms with Crippen molar-refractivity contribution in [3.8, 4) is 0 Å². The number of halogens is 2. The summed E-state index contributed by atoms with van der Waals surface area (Å²) in [5, 5.41) is 4.96. The van der Waals surface area contributed by atoms with Crippen molar-refractivity contribution in [1.29, 1.82) is 0 Å². The molecule has 0 radical (unpaired) electrons. The number of rotatable bonds is 6. The number of aryl methyl sites for hydroxylation is 1. The van der Waals surface area contributed by atoms with Crippen molar-refractivity contribution in [1.82, 2.24) is 9.97 Å². The van der Waals surface area contributed by atoms with Gasteiger partial charge in [0, 0.05) is 22.8 Å². The molecule has 1 aromatic carbocycles. The van der Waals surface area contributed by atoms with Crippen LogP contribution in [0.5, 0.6) is 0 Å². The zero-order chi connectivity index (χ0) is 18.7. The molecule has 0 unspecified atom stereocenters. The van der Waals surface area contributed by atoms with Crippen LogP contribution in [0.25, 0.3) is 10.2 Å². The lowest BCUT2D eigenvalue weighted by Crippen LogP contribution is -2.09. The molecule has 6 nitrogen and oxygen atoms in total. The maximum atomic E-state index is 12.3. The second kappa shape index (κ2) is 8.18. The molecule has 26 heavy (non-hydrogen) atoms. The SMILES string of the molecule is COCCOC(=O)c1sc2ncnc(Nc3cc(Cl)cc(Cl)c3)c2c1C. The van der Waals surface area contributed by atoms with E-state index in [1.165, 1.54) is 17.7 Å². The van der Waals surface area contributed by atoms with Gasteiger partial charge in [-0.05, 0) is 30.7 Å². The Morgan fingerprint density at radius 2 is 1.92 bits per heavy atom. The highest BCUT2D eigenvalue weighted by Crippen LogP contribution is 2.35. The number of methoxy groups -OCH3 is 1. The molecule has 0 saturated carbocycles. The van der Waals surface area contributed by atoms with Crippen LogP contribution in [0.2, 0.25) is 10.0 Å². The van der Waals surface area contributed by atoms with E-state index in [0.717, 1.165) is 10.9 Å². The van der Waals surface area contributed by atoms with Crippen LogP contribution in [0.3, 0.4) is 0 Å². The Hall–Kier alpha value is -1.93. The zero-order valence-electron chi connectivity index (χ0n) is 14.0. The summed E-state index contributed by atoms with van der Waals surface area (Å²) >= 11 is 13.4. The number of anilines is 2. The molecule has 0 saturated heterocycles. The fraction of sp³-hybridized carbons (Fsp3) is 0.235. The Morgan fingerprint density at radius 3 is 2.62 bits per heavy atom. The number of aromatic nitrogens is 2. The monoisotopic (exact) mass is 411 g/mol.